The van der Waals surface area contributed by atoms with Crippen LogP contribution in [-0.4, -0.2) is 20.1 Å². The van der Waals surface area contributed by atoms with Gasteiger partial charge in [-0.2, -0.15) is 0 Å². The number of rotatable bonds is 3. The van der Waals surface area contributed by atoms with E-state index in [2.05, 4.69) is 20.5 Å². The number of anilines is 1. The van der Waals surface area contributed by atoms with Crippen LogP contribution in [0.5, 0.6) is 5.88 Å². The van der Waals surface area contributed by atoms with Crippen LogP contribution < -0.4 is 5.32 Å². The van der Waals surface area contributed by atoms with Gasteiger partial charge in [0.05, 0.1) is 20.5 Å². The zero-order valence-electron chi connectivity index (χ0n) is 12.7. The van der Waals surface area contributed by atoms with Gasteiger partial charge in [-0.05, 0) is 36.5 Å². The van der Waals surface area contributed by atoms with Gasteiger partial charge in [-0.1, -0.05) is 23.2 Å². The minimum absolute atomic E-state index is 0.00238. The first kappa shape index (κ1) is 18.1. The van der Waals surface area contributed by atoms with E-state index in [1.807, 2.05) is 0 Å². The summed E-state index contributed by atoms with van der Waals surface area (Å²) in [5.74, 6) is -0.276. The summed E-state index contributed by atoms with van der Waals surface area (Å²) in [5.41, 5.74) is 0.944. The van der Waals surface area contributed by atoms with Crippen molar-refractivity contribution < 1.29 is 10.0 Å². The summed E-state index contributed by atoms with van der Waals surface area (Å²) in [7, 11) is 0. The number of nitrogens with one attached hydrogen (secondary N) is 2. The first-order chi connectivity index (χ1) is 12.3. The molecule has 0 aliphatic rings. The van der Waals surface area contributed by atoms with E-state index in [0.29, 0.717) is 26.6 Å². The van der Waals surface area contributed by atoms with E-state index < -0.39 is 4.92 Å². The molecule has 3 rings (SSSR count). The number of nitro benzene ring substituents is 1. The molecule has 0 saturated carbocycles. The summed E-state index contributed by atoms with van der Waals surface area (Å²) in [6.45, 7) is 0. The highest BCUT2D eigenvalue weighted by Crippen LogP contribution is 2.37. The normalized spacial score (nSPS) is 11.2. The number of benzene rings is 2. The third-order valence-electron chi connectivity index (χ3n) is 3.36. The van der Waals surface area contributed by atoms with Gasteiger partial charge in [0.25, 0.3) is 5.69 Å². The first-order valence-corrected chi connectivity index (χ1v) is 8.18. The molecule has 1 heterocycles. The molecule has 0 amide bonds. The average Bonchev–Trinajstić information content (AvgIpc) is 2.90. The minimum Gasteiger partial charge on any atom is -0.493 e. The van der Waals surface area contributed by atoms with Gasteiger partial charge in [-0.15, -0.1) is 10.2 Å². The summed E-state index contributed by atoms with van der Waals surface area (Å²) in [6.07, 6.45) is 0. The zero-order chi connectivity index (χ0) is 18.8. The molecule has 0 bridgehead atoms. The number of halogens is 2. The molecule has 26 heavy (non-hydrogen) atoms. The molecular formula is C15H9Cl2N5O3S. The number of thiocarbonyl (C=S) groups is 1. The molecule has 2 aromatic carbocycles. The average molecular weight is 410 g/mol. The number of nitro groups is 1. The van der Waals surface area contributed by atoms with Crippen LogP contribution in [0.15, 0.2) is 46.6 Å². The van der Waals surface area contributed by atoms with Crippen molar-refractivity contribution in [3.05, 3.63) is 56.6 Å². The van der Waals surface area contributed by atoms with E-state index in [4.69, 9.17) is 35.4 Å². The lowest BCUT2D eigenvalue weighted by Crippen LogP contribution is -2.04. The van der Waals surface area contributed by atoms with Crippen molar-refractivity contribution in [2.24, 2.45) is 10.2 Å². The van der Waals surface area contributed by atoms with Crippen molar-refractivity contribution in [1.29, 1.82) is 0 Å². The Balaban J connectivity index is 1.86. The van der Waals surface area contributed by atoms with Crippen molar-refractivity contribution in [2.75, 3.05) is 5.32 Å². The van der Waals surface area contributed by atoms with Crippen molar-refractivity contribution in [3.8, 4) is 5.88 Å². The smallest absolute Gasteiger partial charge is 0.270 e. The lowest BCUT2D eigenvalue weighted by atomic mass is 10.2. The second-order valence-corrected chi connectivity index (χ2v) is 6.27. The number of fused-ring (bicyclic) bond motifs is 1. The van der Waals surface area contributed by atoms with Gasteiger partial charge in [0.15, 0.2) is 5.69 Å². The van der Waals surface area contributed by atoms with Gasteiger partial charge >= 0.3 is 0 Å². The number of hydrogen-bond acceptors (Lipinski definition) is 5. The Hall–Kier alpha value is -2.75. The molecule has 0 saturated heterocycles. The number of azo groups is 1. The Bertz CT molecular complexity index is 1070. The fraction of sp³-hybridized carbons (Fsp3) is 0. The maximum atomic E-state index is 10.9. The summed E-state index contributed by atoms with van der Waals surface area (Å²) >= 11 is 16.8. The highest BCUT2D eigenvalue weighted by atomic mass is 35.5. The molecule has 3 aromatic rings. The van der Waals surface area contributed by atoms with E-state index in [1.165, 1.54) is 18.2 Å². The fourth-order valence-electron chi connectivity index (χ4n) is 2.18. The molecule has 0 unspecified atom stereocenters. The number of hydrogen-bond donors (Lipinski definition) is 3. The number of aromatic hydroxyl groups is 1. The molecule has 0 aliphatic carbocycles. The van der Waals surface area contributed by atoms with Gasteiger partial charge in [-0.3, -0.25) is 10.1 Å². The molecule has 0 spiro atoms. The van der Waals surface area contributed by atoms with Crippen LogP contribution in [0.1, 0.15) is 0 Å². The molecule has 0 atom stereocenters. The minimum atomic E-state index is -0.541. The third kappa shape index (κ3) is 3.74. The number of aromatic nitrogens is 1. The van der Waals surface area contributed by atoms with E-state index in [-0.39, 0.29) is 22.4 Å². The van der Waals surface area contributed by atoms with E-state index >= 15 is 0 Å². The summed E-state index contributed by atoms with van der Waals surface area (Å²) in [6, 6.07) is 8.89. The Labute approximate surface area is 161 Å². The van der Waals surface area contributed by atoms with Crippen LogP contribution in [0.2, 0.25) is 10.0 Å². The molecule has 0 radical (unpaired) electrons. The van der Waals surface area contributed by atoms with Crippen LogP contribution >= 0.6 is 35.4 Å². The largest absolute Gasteiger partial charge is 0.493 e. The molecule has 132 valence electrons. The first-order valence-electron chi connectivity index (χ1n) is 7.02. The van der Waals surface area contributed by atoms with Gasteiger partial charge in [-0.25, -0.2) is 0 Å². The Kier molecular flexibility index (Phi) is 5.03. The van der Waals surface area contributed by atoms with Crippen LogP contribution in [0, 0.1) is 10.1 Å². The van der Waals surface area contributed by atoms with Crippen LogP contribution in [-0.2, 0) is 0 Å². The van der Waals surface area contributed by atoms with Gasteiger partial charge in [0, 0.05) is 23.2 Å². The van der Waals surface area contributed by atoms with Crippen molar-refractivity contribution >= 4 is 68.5 Å². The molecule has 3 N–H and O–H groups in total. The number of nitrogens with zero attached hydrogens (tertiary/aromatic N) is 3. The van der Waals surface area contributed by atoms with E-state index in [1.54, 1.807) is 18.2 Å². The third-order valence-corrected chi connectivity index (χ3v) is 4.28. The van der Waals surface area contributed by atoms with Crippen molar-refractivity contribution in [2.45, 2.75) is 0 Å². The van der Waals surface area contributed by atoms with Crippen LogP contribution in [0.4, 0.5) is 17.1 Å². The number of H-pyrrole nitrogens is 1. The SMILES string of the molecule is O=[N+]([O-])c1ccc2[nH]c(O)c(N=NC(=S)Nc3ccc(Cl)c(Cl)c3)c2c1. The maximum absolute atomic E-state index is 10.9. The molecule has 8 nitrogen and oxygen atoms in total. The predicted octanol–water partition coefficient (Wildman–Crippen LogP) is 5.57. The van der Waals surface area contributed by atoms with Gasteiger partial charge in [0.2, 0.25) is 11.0 Å². The van der Waals surface area contributed by atoms with Crippen LogP contribution in [0.3, 0.4) is 0 Å². The van der Waals surface area contributed by atoms with Crippen LogP contribution in [0.25, 0.3) is 10.9 Å². The predicted molar refractivity (Wildman–Crippen MR) is 104 cm³/mol. The monoisotopic (exact) mass is 409 g/mol. The molecule has 0 fully saturated rings. The maximum Gasteiger partial charge on any atom is 0.270 e. The summed E-state index contributed by atoms with van der Waals surface area (Å²) in [5, 5.41) is 32.5. The van der Waals surface area contributed by atoms with Gasteiger partial charge < -0.3 is 15.4 Å². The fourth-order valence-corrected chi connectivity index (χ4v) is 2.64. The quantitative estimate of drug-likeness (QED) is 0.226. The van der Waals surface area contributed by atoms with E-state index in [9.17, 15) is 15.2 Å². The van der Waals surface area contributed by atoms with Gasteiger partial charge in [0.1, 0.15) is 0 Å². The lowest BCUT2D eigenvalue weighted by molar-refractivity contribution is -0.384. The second-order valence-electron chi connectivity index (χ2n) is 5.07. The topological polar surface area (TPSA) is 116 Å². The number of non-ortho nitro benzene ring substituents is 1. The zero-order valence-corrected chi connectivity index (χ0v) is 15.1. The Morgan fingerprint density at radius 3 is 2.69 bits per heavy atom. The van der Waals surface area contributed by atoms with Crippen molar-refractivity contribution in [1.82, 2.24) is 4.98 Å². The highest BCUT2D eigenvalue weighted by Gasteiger charge is 2.15. The second kappa shape index (κ2) is 7.24. The number of aromatic amines is 1. The standard InChI is InChI=1S/C15H9Cl2N5O3S/c16-10-3-1-7(5-11(10)17)18-15(26)21-20-13-9-6-8(22(24)25)2-4-12(9)19-14(13)23/h1-6,19,23H,(H,18,26). The Morgan fingerprint density at radius 2 is 2.00 bits per heavy atom. The van der Waals surface area contributed by atoms with Crippen molar-refractivity contribution in [3.63, 3.8) is 0 Å². The highest BCUT2D eigenvalue weighted by molar-refractivity contribution is 7.80. The summed E-state index contributed by atoms with van der Waals surface area (Å²) < 4.78 is 0. The summed E-state index contributed by atoms with van der Waals surface area (Å²) in [4.78, 5) is 13.0. The van der Waals surface area contributed by atoms with E-state index in [0.717, 1.165) is 0 Å². The molecule has 0 aliphatic heterocycles. The lowest BCUT2D eigenvalue weighted by Gasteiger charge is -2.04. The molecule has 11 heteroatoms. The molecule has 1 aromatic heterocycles. The molecular weight excluding hydrogens is 401 g/mol. The Morgan fingerprint density at radius 1 is 1.23 bits per heavy atom.